The van der Waals surface area contributed by atoms with E-state index in [2.05, 4.69) is 10.3 Å². The summed E-state index contributed by atoms with van der Waals surface area (Å²) >= 11 is 7.11. The second kappa shape index (κ2) is 6.98. The Kier molecular flexibility index (Phi) is 4.78. The van der Waals surface area contributed by atoms with Crippen molar-refractivity contribution in [3.63, 3.8) is 0 Å². The molecule has 0 fully saturated rings. The Morgan fingerprint density at radius 2 is 2.00 bits per heavy atom. The average molecular weight is 362 g/mol. The van der Waals surface area contributed by atoms with Crippen molar-refractivity contribution in [3.05, 3.63) is 65.2 Å². The Labute approximate surface area is 147 Å². The topological polar surface area (TPSA) is 68.0 Å². The number of pyridine rings is 1. The smallest absolute Gasteiger partial charge is 0.229 e. The van der Waals surface area contributed by atoms with E-state index in [9.17, 15) is 9.18 Å². The first-order valence-corrected chi connectivity index (χ1v) is 8.26. The van der Waals surface area contributed by atoms with Crippen molar-refractivity contribution in [3.8, 4) is 10.4 Å². The molecule has 0 atom stereocenters. The standard InChI is InChI=1S/C17H13ClFN3OS/c18-12-7-10(1-2-13(12)19)8-16(23)22-17-14(20)9-15(24-17)11-3-5-21-6-4-11/h1-7,9H,8,20H2,(H,22,23). The van der Waals surface area contributed by atoms with Crippen LogP contribution in [0.15, 0.2) is 48.8 Å². The van der Waals surface area contributed by atoms with Gasteiger partial charge in [-0.2, -0.15) is 0 Å². The first-order chi connectivity index (χ1) is 11.5. The minimum absolute atomic E-state index is 0.00379. The fraction of sp³-hybridized carbons (Fsp3) is 0.0588. The maximum absolute atomic E-state index is 13.1. The number of hydrogen-bond donors (Lipinski definition) is 2. The lowest BCUT2D eigenvalue weighted by Crippen LogP contribution is -2.14. The van der Waals surface area contributed by atoms with Crippen LogP contribution in [0, 0.1) is 5.82 Å². The van der Waals surface area contributed by atoms with Crippen LogP contribution in [-0.2, 0) is 11.2 Å². The Hall–Kier alpha value is -2.44. The van der Waals surface area contributed by atoms with Gasteiger partial charge in [0.2, 0.25) is 5.91 Å². The number of nitrogen functional groups attached to an aromatic ring is 1. The number of carbonyl (C=O) groups excluding carboxylic acids is 1. The number of aromatic nitrogens is 1. The van der Waals surface area contributed by atoms with Gasteiger partial charge >= 0.3 is 0 Å². The zero-order valence-electron chi connectivity index (χ0n) is 12.4. The molecule has 122 valence electrons. The summed E-state index contributed by atoms with van der Waals surface area (Å²) < 4.78 is 13.1. The molecule has 1 aromatic carbocycles. The number of anilines is 2. The quantitative estimate of drug-likeness (QED) is 0.725. The minimum atomic E-state index is -0.509. The number of rotatable bonds is 4. The van der Waals surface area contributed by atoms with Crippen molar-refractivity contribution in [2.75, 3.05) is 11.1 Å². The van der Waals surface area contributed by atoms with E-state index in [0.29, 0.717) is 16.3 Å². The molecule has 7 heteroatoms. The molecule has 2 aromatic heterocycles. The molecular formula is C17H13ClFN3OS. The van der Waals surface area contributed by atoms with Crippen LogP contribution < -0.4 is 11.1 Å². The molecule has 0 aliphatic rings. The van der Waals surface area contributed by atoms with Gasteiger partial charge in [-0.05, 0) is 41.5 Å². The van der Waals surface area contributed by atoms with Gasteiger partial charge in [0.1, 0.15) is 10.8 Å². The number of benzene rings is 1. The minimum Gasteiger partial charge on any atom is -0.396 e. The van der Waals surface area contributed by atoms with Crippen LogP contribution in [-0.4, -0.2) is 10.9 Å². The first-order valence-electron chi connectivity index (χ1n) is 7.06. The van der Waals surface area contributed by atoms with Crippen molar-refractivity contribution < 1.29 is 9.18 Å². The third-order valence-corrected chi connectivity index (χ3v) is 4.73. The van der Waals surface area contributed by atoms with Gasteiger partial charge in [0.25, 0.3) is 0 Å². The van der Waals surface area contributed by atoms with E-state index in [4.69, 9.17) is 17.3 Å². The summed E-state index contributed by atoms with van der Waals surface area (Å²) in [5, 5.41) is 3.36. The molecule has 0 radical (unpaired) electrons. The van der Waals surface area contributed by atoms with Gasteiger partial charge in [-0.15, -0.1) is 11.3 Å². The molecule has 0 unspecified atom stereocenters. The molecule has 1 amide bonds. The van der Waals surface area contributed by atoms with Crippen molar-refractivity contribution in [2.24, 2.45) is 0 Å². The number of hydrogen-bond acceptors (Lipinski definition) is 4. The summed E-state index contributed by atoms with van der Waals surface area (Å²) in [6.07, 6.45) is 3.48. The summed E-state index contributed by atoms with van der Waals surface area (Å²) in [5.74, 6) is -0.752. The summed E-state index contributed by atoms with van der Waals surface area (Å²) in [6, 6.07) is 9.77. The number of halogens is 2. The van der Waals surface area contributed by atoms with Gasteiger partial charge in [0, 0.05) is 17.3 Å². The van der Waals surface area contributed by atoms with Gasteiger partial charge in [0.15, 0.2) is 0 Å². The van der Waals surface area contributed by atoms with Crippen LogP contribution in [0.5, 0.6) is 0 Å². The van der Waals surface area contributed by atoms with Crippen LogP contribution in [0.3, 0.4) is 0 Å². The van der Waals surface area contributed by atoms with E-state index in [1.807, 2.05) is 18.2 Å². The SMILES string of the molecule is Nc1cc(-c2ccncc2)sc1NC(=O)Cc1ccc(F)c(Cl)c1. The summed E-state index contributed by atoms with van der Waals surface area (Å²) in [7, 11) is 0. The Bertz CT molecular complexity index is 883. The zero-order chi connectivity index (χ0) is 17.1. The monoisotopic (exact) mass is 361 g/mol. The van der Waals surface area contributed by atoms with Crippen molar-refractivity contribution in [1.82, 2.24) is 4.98 Å². The van der Waals surface area contributed by atoms with Gasteiger partial charge in [0.05, 0.1) is 17.1 Å². The van der Waals surface area contributed by atoms with Crippen molar-refractivity contribution in [2.45, 2.75) is 6.42 Å². The lowest BCUT2D eigenvalue weighted by molar-refractivity contribution is -0.115. The normalized spacial score (nSPS) is 10.6. The lowest BCUT2D eigenvalue weighted by atomic mass is 10.1. The fourth-order valence-corrected chi connectivity index (χ4v) is 3.37. The number of amides is 1. The van der Waals surface area contributed by atoms with Crippen LogP contribution in [0.4, 0.5) is 15.1 Å². The largest absolute Gasteiger partial charge is 0.396 e. The Balaban J connectivity index is 1.72. The van der Waals surface area contributed by atoms with Gasteiger partial charge in [-0.3, -0.25) is 9.78 Å². The molecule has 4 nitrogen and oxygen atoms in total. The van der Waals surface area contributed by atoms with E-state index < -0.39 is 5.82 Å². The Morgan fingerprint density at radius 1 is 1.25 bits per heavy atom. The molecule has 24 heavy (non-hydrogen) atoms. The second-order valence-electron chi connectivity index (χ2n) is 5.10. The highest BCUT2D eigenvalue weighted by molar-refractivity contribution is 7.20. The highest BCUT2D eigenvalue weighted by atomic mass is 35.5. The number of nitrogens with two attached hydrogens (primary N) is 1. The number of nitrogens with zero attached hydrogens (tertiary/aromatic N) is 1. The molecule has 0 saturated heterocycles. The summed E-state index contributed by atoms with van der Waals surface area (Å²) in [6.45, 7) is 0. The predicted molar refractivity (Wildman–Crippen MR) is 95.7 cm³/mol. The van der Waals surface area contributed by atoms with Crippen molar-refractivity contribution >= 4 is 39.5 Å². The molecule has 3 N–H and O–H groups in total. The Morgan fingerprint density at radius 3 is 2.71 bits per heavy atom. The molecule has 2 heterocycles. The predicted octanol–water partition coefficient (Wildman–Crippen LogP) is 4.37. The lowest BCUT2D eigenvalue weighted by Gasteiger charge is -2.05. The van der Waals surface area contributed by atoms with Gasteiger partial charge in [-0.1, -0.05) is 17.7 Å². The maximum Gasteiger partial charge on any atom is 0.229 e. The van der Waals surface area contributed by atoms with Crippen LogP contribution in [0.1, 0.15) is 5.56 Å². The maximum atomic E-state index is 13.1. The van der Waals surface area contributed by atoms with Crippen LogP contribution >= 0.6 is 22.9 Å². The molecule has 0 aliphatic heterocycles. The molecule has 0 bridgehead atoms. The highest BCUT2D eigenvalue weighted by Crippen LogP contribution is 2.37. The van der Waals surface area contributed by atoms with Crippen LogP contribution in [0.25, 0.3) is 10.4 Å². The summed E-state index contributed by atoms with van der Waals surface area (Å²) in [4.78, 5) is 17.1. The van der Waals surface area contributed by atoms with E-state index in [1.54, 1.807) is 12.4 Å². The van der Waals surface area contributed by atoms with E-state index in [0.717, 1.165) is 10.4 Å². The third-order valence-electron chi connectivity index (χ3n) is 3.33. The van der Waals surface area contributed by atoms with E-state index in [1.165, 1.54) is 29.5 Å². The van der Waals surface area contributed by atoms with Crippen LogP contribution in [0.2, 0.25) is 5.02 Å². The zero-order valence-corrected chi connectivity index (χ0v) is 14.0. The number of nitrogens with one attached hydrogen (secondary N) is 1. The number of carbonyl (C=O) groups is 1. The molecular weight excluding hydrogens is 349 g/mol. The molecule has 3 aromatic rings. The molecule has 0 saturated carbocycles. The molecule has 0 spiro atoms. The van der Waals surface area contributed by atoms with Crippen molar-refractivity contribution in [1.29, 1.82) is 0 Å². The average Bonchev–Trinajstić information content (AvgIpc) is 2.93. The molecule has 0 aliphatic carbocycles. The highest BCUT2D eigenvalue weighted by Gasteiger charge is 2.12. The third kappa shape index (κ3) is 3.72. The van der Waals surface area contributed by atoms with E-state index in [-0.39, 0.29) is 17.4 Å². The number of thiophene rings is 1. The second-order valence-corrected chi connectivity index (χ2v) is 6.56. The van der Waals surface area contributed by atoms with E-state index >= 15 is 0 Å². The fourth-order valence-electron chi connectivity index (χ4n) is 2.17. The summed E-state index contributed by atoms with van der Waals surface area (Å²) in [5.41, 5.74) is 8.08. The van der Waals surface area contributed by atoms with Gasteiger partial charge in [-0.25, -0.2) is 4.39 Å². The van der Waals surface area contributed by atoms with Gasteiger partial charge < -0.3 is 11.1 Å². The molecule has 3 rings (SSSR count). The first kappa shape index (κ1) is 16.4.